The fraction of sp³-hybridized carbons (Fsp3) is 0.667. The van der Waals surface area contributed by atoms with Gasteiger partial charge in [-0.15, -0.1) is 11.3 Å². The highest BCUT2D eigenvalue weighted by molar-refractivity contribution is 7.09. The minimum Gasteiger partial charge on any atom is -0.316 e. The molecule has 80 valence electrons. The number of hydrogen-bond acceptors (Lipinski definition) is 2. The van der Waals surface area contributed by atoms with Crippen molar-refractivity contribution < 1.29 is 0 Å². The van der Waals surface area contributed by atoms with E-state index in [4.69, 9.17) is 0 Å². The van der Waals surface area contributed by atoms with Gasteiger partial charge in [-0.25, -0.2) is 0 Å². The SMILES string of the molecule is CCCNCC(C)CCc1cccs1. The summed E-state index contributed by atoms with van der Waals surface area (Å²) >= 11 is 1.87. The Morgan fingerprint density at radius 3 is 3.00 bits per heavy atom. The average Bonchev–Trinajstić information content (AvgIpc) is 2.68. The molecule has 0 aromatic carbocycles. The van der Waals surface area contributed by atoms with Crippen molar-refractivity contribution in [1.29, 1.82) is 0 Å². The first-order valence-corrected chi connectivity index (χ1v) is 6.44. The standard InChI is InChI=1S/C12H21NS/c1-3-8-13-10-11(2)6-7-12-5-4-9-14-12/h4-5,9,11,13H,3,6-8,10H2,1-2H3. The molecule has 1 rings (SSSR count). The van der Waals surface area contributed by atoms with Gasteiger partial charge in [0.15, 0.2) is 0 Å². The molecule has 0 aliphatic rings. The Balaban J connectivity index is 2.06. The molecule has 1 atom stereocenters. The van der Waals surface area contributed by atoms with Crippen LogP contribution in [-0.2, 0) is 6.42 Å². The van der Waals surface area contributed by atoms with Crippen LogP contribution in [0.4, 0.5) is 0 Å². The first-order chi connectivity index (χ1) is 6.83. The van der Waals surface area contributed by atoms with Crippen molar-refractivity contribution in [2.24, 2.45) is 5.92 Å². The van der Waals surface area contributed by atoms with E-state index < -0.39 is 0 Å². The van der Waals surface area contributed by atoms with Gasteiger partial charge in [-0.05, 0) is 49.7 Å². The van der Waals surface area contributed by atoms with Gasteiger partial charge in [0.1, 0.15) is 0 Å². The fourth-order valence-corrected chi connectivity index (χ4v) is 2.20. The molecule has 0 spiro atoms. The summed E-state index contributed by atoms with van der Waals surface area (Å²) in [6, 6.07) is 4.37. The van der Waals surface area contributed by atoms with E-state index in [9.17, 15) is 0 Å². The fourth-order valence-electron chi connectivity index (χ4n) is 1.47. The van der Waals surface area contributed by atoms with Gasteiger partial charge < -0.3 is 5.32 Å². The van der Waals surface area contributed by atoms with Crippen LogP contribution in [0.25, 0.3) is 0 Å². The molecule has 0 amide bonds. The van der Waals surface area contributed by atoms with E-state index in [1.54, 1.807) is 0 Å². The minimum absolute atomic E-state index is 0.795. The van der Waals surface area contributed by atoms with Crippen molar-refractivity contribution >= 4 is 11.3 Å². The van der Waals surface area contributed by atoms with E-state index in [-0.39, 0.29) is 0 Å². The lowest BCUT2D eigenvalue weighted by Crippen LogP contribution is -2.22. The molecular formula is C12H21NS. The van der Waals surface area contributed by atoms with Gasteiger partial charge in [-0.1, -0.05) is 19.9 Å². The zero-order valence-electron chi connectivity index (χ0n) is 9.25. The molecule has 0 aliphatic heterocycles. The molecule has 1 unspecified atom stereocenters. The normalized spacial score (nSPS) is 13.0. The van der Waals surface area contributed by atoms with Crippen LogP contribution in [0.15, 0.2) is 17.5 Å². The Labute approximate surface area is 91.5 Å². The second kappa shape index (κ2) is 7.02. The minimum atomic E-state index is 0.795. The average molecular weight is 211 g/mol. The zero-order chi connectivity index (χ0) is 10.2. The van der Waals surface area contributed by atoms with Crippen molar-refractivity contribution in [2.45, 2.75) is 33.1 Å². The number of thiophene rings is 1. The highest BCUT2D eigenvalue weighted by atomic mass is 32.1. The third-order valence-corrected chi connectivity index (χ3v) is 3.32. The first-order valence-electron chi connectivity index (χ1n) is 5.56. The van der Waals surface area contributed by atoms with Gasteiger partial charge in [-0.3, -0.25) is 0 Å². The molecule has 0 saturated heterocycles. The number of aryl methyl sites for hydroxylation is 1. The summed E-state index contributed by atoms with van der Waals surface area (Å²) < 4.78 is 0. The summed E-state index contributed by atoms with van der Waals surface area (Å²) in [4.78, 5) is 1.52. The van der Waals surface area contributed by atoms with Crippen molar-refractivity contribution in [3.8, 4) is 0 Å². The van der Waals surface area contributed by atoms with Gasteiger partial charge in [-0.2, -0.15) is 0 Å². The monoisotopic (exact) mass is 211 g/mol. The molecule has 1 aromatic heterocycles. The van der Waals surface area contributed by atoms with Gasteiger partial charge in [0.05, 0.1) is 0 Å². The molecule has 0 saturated carbocycles. The van der Waals surface area contributed by atoms with E-state index >= 15 is 0 Å². The first kappa shape index (κ1) is 11.7. The van der Waals surface area contributed by atoms with Crippen LogP contribution in [0.1, 0.15) is 31.6 Å². The van der Waals surface area contributed by atoms with Crippen LogP contribution in [0, 0.1) is 5.92 Å². The van der Waals surface area contributed by atoms with Crippen LogP contribution in [0.2, 0.25) is 0 Å². The Kier molecular flexibility index (Phi) is 5.88. The Hall–Kier alpha value is -0.340. The summed E-state index contributed by atoms with van der Waals surface area (Å²) in [5.74, 6) is 0.795. The predicted molar refractivity (Wildman–Crippen MR) is 65.0 cm³/mol. The third kappa shape index (κ3) is 4.77. The maximum Gasteiger partial charge on any atom is 0.00453 e. The Morgan fingerprint density at radius 1 is 1.50 bits per heavy atom. The summed E-state index contributed by atoms with van der Waals surface area (Å²) in [7, 11) is 0. The molecular weight excluding hydrogens is 190 g/mol. The van der Waals surface area contributed by atoms with Gasteiger partial charge in [0.2, 0.25) is 0 Å². The van der Waals surface area contributed by atoms with E-state index in [0.29, 0.717) is 0 Å². The third-order valence-electron chi connectivity index (χ3n) is 2.38. The van der Waals surface area contributed by atoms with Gasteiger partial charge >= 0.3 is 0 Å². The maximum absolute atomic E-state index is 3.47. The van der Waals surface area contributed by atoms with Crippen LogP contribution in [0.3, 0.4) is 0 Å². The van der Waals surface area contributed by atoms with E-state index in [2.05, 4.69) is 36.7 Å². The summed E-state index contributed by atoms with van der Waals surface area (Å²) in [5.41, 5.74) is 0. The van der Waals surface area contributed by atoms with Crippen molar-refractivity contribution in [3.63, 3.8) is 0 Å². The molecule has 14 heavy (non-hydrogen) atoms. The topological polar surface area (TPSA) is 12.0 Å². The lowest BCUT2D eigenvalue weighted by atomic mass is 10.1. The van der Waals surface area contributed by atoms with Crippen LogP contribution in [0.5, 0.6) is 0 Å². The zero-order valence-corrected chi connectivity index (χ0v) is 10.1. The summed E-state index contributed by atoms with van der Waals surface area (Å²) in [5, 5.41) is 5.63. The maximum atomic E-state index is 3.47. The molecule has 1 aromatic rings. The molecule has 1 N–H and O–H groups in total. The van der Waals surface area contributed by atoms with Gasteiger partial charge in [0, 0.05) is 4.88 Å². The van der Waals surface area contributed by atoms with E-state index in [0.717, 1.165) is 12.5 Å². The number of nitrogens with one attached hydrogen (secondary N) is 1. The number of hydrogen-bond donors (Lipinski definition) is 1. The molecule has 1 nitrogen and oxygen atoms in total. The summed E-state index contributed by atoms with van der Waals surface area (Å²) in [6.07, 6.45) is 3.78. The van der Waals surface area contributed by atoms with Crippen LogP contribution >= 0.6 is 11.3 Å². The highest BCUT2D eigenvalue weighted by Crippen LogP contribution is 2.13. The lowest BCUT2D eigenvalue weighted by Gasteiger charge is -2.11. The van der Waals surface area contributed by atoms with Crippen LogP contribution in [-0.4, -0.2) is 13.1 Å². The van der Waals surface area contributed by atoms with Crippen molar-refractivity contribution in [3.05, 3.63) is 22.4 Å². The second-order valence-corrected chi connectivity index (χ2v) is 4.96. The summed E-state index contributed by atoms with van der Waals surface area (Å²) in [6.45, 7) is 6.86. The van der Waals surface area contributed by atoms with E-state index in [1.165, 1.54) is 30.7 Å². The highest BCUT2D eigenvalue weighted by Gasteiger charge is 2.02. The Bertz CT molecular complexity index is 218. The largest absolute Gasteiger partial charge is 0.316 e. The lowest BCUT2D eigenvalue weighted by molar-refractivity contribution is 0.483. The molecule has 2 heteroatoms. The Morgan fingerprint density at radius 2 is 2.36 bits per heavy atom. The smallest absolute Gasteiger partial charge is 0.00453 e. The molecule has 1 heterocycles. The van der Waals surface area contributed by atoms with Crippen molar-refractivity contribution in [1.82, 2.24) is 5.32 Å². The predicted octanol–water partition coefficient (Wildman–Crippen LogP) is 3.32. The second-order valence-electron chi connectivity index (χ2n) is 3.93. The molecule has 0 bridgehead atoms. The molecule has 0 radical (unpaired) electrons. The molecule has 0 fully saturated rings. The van der Waals surface area contributed by atoms with Gasteiger partial charge in [0.25, 0.3) is 0 Å². The quantitative estimate of drug-likeness (QED) is 0.682. The number of rotatable bonds is 7. The van der Waals surface area contributed by atoms with Crippen molar-refractivity contribution in [2.75, 3.05) is 13.1 Å². The van der Waals surface area contributed by atoms with Crippen LogP contribution < -0.4 is 5.32 Å². The molecule has 0 aliphatic carbocycles. The van der Waals surface area contributed by atoms with E-state index in [1.807, 2.05) is 11.3 Å².